The van der Waals surface area contributed by atoms with E-state index in [1.807, 2.05) is 0 Å². The summed E-state index contributed by atoms with van der Waals surface area (Å²) in [5.74, 6) is -4.62. The maximum atomic E-state index is 12.3. The van der Waals surface area contributed by atoms with Gasteiger partial charge in [0.2, 0.25) is 11.8 Å². The SMILES string of the molecule is O=C(O)CCOCC(CN1C(=O)C=CC1=O)(CN1C(=O)C=CC1=O)CN1C(=O)CCC1=O. The van der Waals surface area contributed by atoms with Crippen LogP contribution in [0.1, 0.15) is 19.3 Å². The van der Waals surface area contributed by atoms with Gasteiger partial charge < -0.3 is 9.84 Å². The molecule has 1 N–H and O–H groups in total. The highest BCUT2D eigenvalue weighted by molar-refractivity contribution is 6.13. The van der Waals surface area contributed by atoms with E-state index in [0.29, 0.717) is 0 Å². The lowest BCUT2D eigenvalue weighted by atomic mass is 9.86. The van der Waals surface area contributed by atoms with E-state index in [1.165, 1.54) is 0 Å². The fraction of sp³-hybridized carbons (Fsp3) is 0.450. The number of imide groups is 3. The Hall–Kier alpha value is -3.67. The van der Waals surface area contributed by atoms with E-state index in [1.54, 1.807) is 0 Å². The third-order valence-corrected chi connectivity index (χ3v) is 5.31. The summed E-state index contributed by atoms with van der Waals surface area (Å²) in [6.45, 7) is -1.62. The number of likely N-dealkylation sites (tertiary alicyclic amines) is 1. The number of carbonyl (C=O) groups is 7. The fourth-order valence-electron chi connectivity index (χ4n) is 3.71. The highest BCUT2D eigenvalue weighted by Gasteiger charge is 2.45. The Morgan fingerprint density at radius 2 is 1.19 bits per heavy atom. The number of rotatable bonds is 11. The van der Waals surface area contributed by atoms with Crippen LogP contribution in [0.25, 0.3) is 0 Å². The van der Waals surface area contributed by atoms with Gasteiger partial charge in [0.25, 0.3) is 23.6 Å². The van der Waals surface area contributed by atoms with Gasteiger partial charge in [0.05, 0.1) is 19.6 Å². The van der Waals surface area contributed by atoms with Gasteiger partial charge in [-0.1, -0.05) is 0 Å². The van der Waals surface area contributed by atoms with Crippen molar-refractivity contribution in [2.45, 2.75) is 19.3 Å². The van der Waals surface area contributed by atoms with Crippen molar-refractivity contribution >= 4 is 41.4 Å². The zero-order valence-corrected chi connectivity index (χ0v) is 17.0. The molecule has 1 fully saturated rings. The summed E-state index contributed by atoms with van der Waals surface area (Å²) in [4.78, 5) is 86.9. The van der Waals surface area contributed by atoms with Crippen LogP contribution in [0.3, 0.4) is 0 Å². The lowest BCUT2D eigenvalue weighted by molar-refractivity contribution is -0.145. The average molecular weight is 447 g/mol. The molecule has 12 heteroatoms. The molecule has 12 nitrogen and oxygen atoms in total. The van der Waals surface area contributed by atoms with Crippen molar-refractivity contribution in [2.24, 2.45) is 5.41 Å². The summed E-state index contributed by atoms with van der Waals surface area (Å²) in [6.07, 6.45) is 3.85. The van der Waals surface area contributed by atoms with Crippen molar-refractivity contribution in [3.05, 3.63) is 24.3 Å². The van der Waals surface area contributed by atoms with Crippen LogP contribution in [-0.2, 0) is 38.3 Å². The summed E-state index contributed by atoms with van der Waals surface area (Å²) in [5, 5.41) is 8.85. The van der Waals surface area contributed by atoms with Gasteiger partial charge in [-0.3, -0.25) is 48.3 Å². The van der Waals surface area contributed by atoms with Gasteiger partial charge >= 0.3 is 5.97 Å². The van der Waals surface area contributed by atoms with Crippen molar-refractivity contribution in [1.29, 1.82) is 0 Å². The summed E-state index contributed by atoms with van der Waals surface area (Å²) in [5.41, 5.74) is -1.43. The number of amides is 6. The van der Waals surface area contributed by atoms with Gasteiger partial charge in [-0.15, -0.1) is 0 Å². The fourth-order valence-corrected chi connectivity index (χ4v) is 3.71. The third kappa shape index (κ3) is 4.97. The number of carbonyl (C=O) groups excluding carboxylic acids is 6. The van der Waals surface area contributed by atoms with Gasteiger partial charge in [-0.05, 0) is 0 Å². The molecule has 0 radical (unpaired) electrons. The van der Waals surface area contributed by atoms with Gasteiger partial charge in [-0.2, -0.15) is 0 Å². The zero-order chi connectivity index (χ0) is 23.5. The summed E-state index contributed by atoms with van der Waals surface area (Å²) < 4.78 is 5.48. The van der Waals surface area contributed by atoms with Crippen molar-refractivity contribution in [3.8, 4) is 0 Å². The van der Waals surface area contributed by atoms with E-state index in [9.17, 15) is 33.6 Å². The Bertz CT molecular complexity index is 848. The molecule has 0 saturated carbocycles. The maximum Gasteiger partial charge on any atom is 0.305 e. The minimum absolute atomic E-state index is 0.0129. The smallest absolute Gasteiger partial charge is 0.305 e. The van der Waals surface area contributed by atoms with Crippen LogP contribution in [0.4, 0.5) is 0 Å². The molecule has 3 heterocycles. The monoisotopic (exact) mass is 447 g/mol. The van der Waals surface area contributed by atoms with Gasteiger partial charge in [0, 0.05) is 62.2 Å². The minimum Gasteiger partial charge on any atom is -0.481 e. The summed E-state index contributed by atoms with van der Waals surface area (Å²) in [6, 6.07) is 0. The third-order valence-electron chi connectivity index (χ3n) is 5.31. The van der Waals surface area contributed by atoms with Crippen molar-refractivity contribution < 1.29 is 43.4 Å². The standard InChI is InChI=1S/C20H21N3O9/c24-13-1-2-14(25)21(13)9-20(12-32-8-7-19(30)31,10-22-15(26)3-4-16(22)27)11-23-17(28)5-6-18(23)29/h1-4H,5-12H2,(H,30,31). The molecule has 0 aromatic rings. The normalized spacial score (nSPS) is 18.8. The van der Waals surface area contributed by atoms with Crippen LogP contribution < -0.4 is 0 Å². The molecule has 3 aliphatic heterocycles. The first-order valence-corrected chi connectivity index (χ1v) is 9.82. The van der Waals surface area contributed by atoms with Crippen molar-refractivity contribution in [1.82, 2.24) is 14.7 Å². The second-order valence-electron chi connectivity index (χ2n) is 7.76. The first kappa shape index (κ1) is 23.0. The molecular formula is C20H21N3O9. The molecule has 170 valence electrons. The van der Waals surface area contributed by atoms with Gasteiger partial charge in [0.1, 0.15) is 0 Å². The first-order valence-electron chi connectivity index (χ1n) is 9.82. The Morgan fingerprint density at radius 1 is 0.781 bits per heavy atom. The number of carboxylic acid groups (broad SMARTS) is 1. The zero-order valence-electron chi connectivity index (χ0n) is 17.0. The lowest BCUT2D eigenvalue weighted by Gasteiger charge is -2.40. The molecule has 0 aromatic heterocycles. The van der Waals surface area contributed by atoms with Crippen LogP contribution in [0, 0.1) is 5.41 Å². The lowest BCUT2D eigenvalue weighted by Crippen LogP contribution is -2.56. The number of nitrogens with zero attached hydrogens (tertiary/aromatic N) is 3. The Labute approximate surface area is 182 Å². The predicted octanol–water partition coefficient (Wildman–Crippen LogP) is -1.54. The molecule has 1 saturated heterocycles. The number of ether oxygens (including phenoxy) is 1. The van der Waals surface area contributed by atoms with Crippen molar-refractivity contribution in [2.75, 3.05) is 32.8 Å². The Balaban J connectivity index is 1.93. The second-order valence-corrected chi connectivity index (χ2v) is 7.76. The molecule has 0 bridgehead atoms. The molecule has 6 amide bonds. The summed E-state index contributed by atoms with van der Waals surface area (Å²) >= 11 is 0. The largest absolute Gasteiger partial charge is 0.481 e. The van der Waals surface area contributed by atoms with Crippen molar-refractivity contribution in [3.63, 3.8) is 0 Å². The van der Waals surface area contributed by atoms with Crippen LogP contribution in [0.2, 0.25) is 0 Å². The molecule has 0 aromatic carbocycles. The number of aliphatic carboxylic acids is 1. The number of hydrogen-bond acceptors (Lipinski definition) is 8. The van der Waals surface area contributed by atoms with E-state index in [4.69, 9.17) is 9.84 Å². The van der Waals surface area contributed by atoms with E-state index in [-0.39, 0.29) is 52.1 Å². The van der Waals surface area contributed by atoms with E-state index in [0.717, 1.165) is 39.0 Å². The van der Waals surface area contributed by atoms with Crippen LogP contribution in [-0.4, -0.2) is 94.1 Å². The quantitative estimate of drug-likeness (QED) is 0.293. The highest BCUT2D eigenvalue weighted by atomic mass is 16.5. The van der Waals surface area contributed by atoms with Gasteiger partial charge in [0.15, 0.2) is 0 Å². The Morgan fingerprint density at radius 3 is 1.59 bits per heavy atom. The highest BCUT2D eigenvalue weighted by Crippen LogP contribution is 2.29. The minimum atomic E-state index is -1.43. The van der Waals surface area contributed by atoms with E-state index >= 15 is 0 Å². The van der Waals surface area contributed by atoms with E-state index < -0.39 is 46.8 Å². The Kier molecular flexibility index (Phi) is 6.63. The molecule has 0 aliphatic carbocycles. The number of hydrogen-bond donors (Lipinski definition) is 1. The molecule has 0 atom stereocenters. The van der Waals surface area contributed by atoms with Gasteiger partial charge in [-0.25, -0.2) is 0 Å². The topological polar surface area (TPSA) is 159 Å². The van der Waals surface area contributed by atoms with E-state index in [2.05, 4.69) is 0 Å². The molecule has 3 rings (SSSR count). The maximum absolute atomic E-state index is 12.3. The summed E-state index contributed by atoms with van der Waals surface area (Å²) in [7, 11) is 0. The average Bonchev–Trinajstić information content (AvgIpc) is 3.34. The molecule has 32 heavy (non-hydrogen) atoms. The van der Waals surface area contributed by atoms with Crippen LogP contribution in [0.5, 0.6) is 0 Å². The second kappa shape index (κ2) is 9.22. The molecule has 0 unspecified atom stereocenters. The number of carboxylic acids is 1. The first-order chi connectivity index (χ1) is 15.1. The molecule has 0 spiro atoms. The van der Waals surface area contributed by atoms with Crippen LogP contribution in [0.15, 0.2) is 24.3 Å². The van der Waals surface area contributed by atoms with Crippen LogP contribution >= 0.6 is 0 Å². The molecule has 3 aliphatic rings. The predicted molar refractivity (Wildman–Crippen MR) is 103 cm³/mol. The molecular weight excluding hydrogens is 426 g/mol.